The first-order valence-electron chi connectivity index (χ1n) is 10.2. The molecule has 0 saturated heterocycles. The van der Waals surface area contributed by atoms with Crippen molar-refractivity contribution in [2.75, 3.05) is 20.3 Å². The molecule has 0 aliphatic rings. The van der Waals surface area contributed by atoms with Crippen LogP contribution in [0, 0.1) is 11.6 Å². The van der Waals surface area contributed by atoms with Crippen molar-refractivity contribution < 1.29 is 32.9 Å². The monoisotopic (exact) mass is 505 g/mol. The number of carboxylic acid groups (broad SMARTS) is 1. The number of fused-ring (bicyclic) bond motifs is 1. The predicted octanol–water partition coefficient (Wildman–Crippen LogP) is 3.95. The van der Waals surface area contributed by atoms with Crippen molar-refractivity contribution in [1.82, 2.24) is 14.5 Å². The Morgan fingerprint density at radius 3 is 2.69 bits per heavy atom. The average molecular weight is 506 g/mol. The van der Waals surface area contributed by atoms with Crippen LogP contribution in [-0.4, -0.2) is 45.9 Å². The summed E-state index contributed by atoms with van der Waals surface area (Å²) >= 11 is 6.31. The van der Waals surface area contributed by atoms with E-state index in [2.05, 4.69) is 9.97 Å². The lowest BCUT2D eigenvalue weighted by atomic mass is 10.2. The molecule has 2 aromatic heterocycles. The quantitative estimate of drug-likeness (QED) is 0.331. The van der Waals surface area contributed by atoms with E-state index >= 15 is 0 Å². The third kappa shape index (κ3) is 4.96. The molecule has 2 aromatic carbocycles. The number of rotatable bonds is 9. The minimum atomic E-state index is -1.27. The van der Waals surface area contributed by atoms with Gasteiger partial charge in [0.15, 0.2) is 23.0 Å². The normalized spacial score (nSPS) is 11.1. The standard InChI is InChI=1S/C23H18ClF2N3O6/c1-33-8-9-34-19-7-4-15(25)20(26)13(19)11-35-12-2-3-14(24)18(10-12)29-21-16(28-23(29)32)5-6-17(27-21)22(30)31/h2-7,10H,8-9,11H2,1H3,(H,28,32)(H,30,31). The number of carboxylic acids is 1. The Morgan fingerprint density at radius 1 is 1.14 bits per heavy atom. The minimum absolute atomic E-state index is 0.0407. The molecule has 4 rings (SSSR count). The molecule has 0 aliphatic heterocycles. The van der Waals surface area contributed by atoms with E-state index in [0.29, 0.717) is 5.52 Å². The number of imidazole rings is 1. The van der Waals surface area contributed by atoms with Gasteiger partial charge < -0.3 is 24.3 Å². The molecule has 182 valence electrons. The van der Waals surface area contributed by atoms with E-state index < -0.39 is 29.9 Å². The van der Waals surface area contributed by atoms with Gasteiger partial charge in [-0.2, -0.15) is 0 Å². The maximum Gasteiger partial charge on any atom is 0.354 e. The first-order chi connectivity index (χ1) is 16.8. The number of ether oxygens (including phenoxy) is 3. The number of hydrogen-bond acceptors (Lipinski definition) is 6. The number of methoxy groups -OCH3 is 1. The van der Waals surface area contributed by atoms with E-state index in [0.717, 1.165) is 10.6 Å². The first kappa shape index (κ1) is 24.2. The summed E-state index contributed by atoms with van der Waals surface area (Å²) in [6, 6.07) is 9.22. The molecular formula is C23H18ClF2N3O6. The van der Waals surface area contributed by atoms with Crippen LogP contribution in [0.3, 0.4) is 0 Å². The van der Waals surface area contributed by atoms with E-state index in [4.69, 9.17) is 25.8 Å². The molecule has 4 aromatic rings. The van der Waals surface area contributed by atoms with Crippen molar-refractivity contribution in [2.45, 2.75) is 6.61 Å². The second kappa shape index (κ2) is 10.1. The number of pyridine rings is 1. The highest BCUT2D eigenvalue weighted by Crippen LogP contribution is 2.29. The van der Waals surface area contributed by atoms with Crippen molar-refractivity contribution in [3.63, 3.8) is 0 Å². The number of halogens is 3. The number of aromatic carboxylic acids is 1. The Kier molecular flexibility index (Phi) is 6.99. The summed E-state index contributed by atoms with van der Waals surface area (Å²) in [4.78, 5) is 30.5. The highest BCUT2D eigenvalue weighted by atomic mass is 35.5. The molecule has 0 bridgehead atoms. The number of hydrogen-bond donors (Lipinski definition) is 2. The molecule has 0 radical (unpaired) electrons. The van der Waals surface area contributed by atoms with Crippen LogP contribution in [-0.2, 0) is 11.3 Å². The van der Waals surface area contributed by atoms with Crippen LogP contribution in [0.1, 0.15) is 16.1 Å². The summed E-state index contributed by atoms with van der Waals surface area (Å²) < 4.78 is 45.4. The molecule has 0 fully saturated rings. The molecule has 0 unspecified atom stereocenters. The molecule has 35 heavy (non-hydrogen) atoms. The molecule has 0 spiro atoms. The first-order valence-corrected chi connectivity index (χ1v) is 10.5. The molecular weight excluding hydrogens is 488 g/mol. The van der Waals surface area contributed by atoms with Crippen LogP contribution in [0.25, 0.3) is 16.9 Å². The Hall–Kier alpha value is -3.96. The zero-order valence-corrected chi connectivity index (χ0v) is 18.9. The van der Waals surface area contributed by atoms with Gasteiger partial charge in [0.1, 0.15) is 24.7 Å². The van der Waals surface area contributed by atoms with Crippen LogP contribution in [0.4, 0.5) is 8.78 Å². The van der Waals surface area contributed by atoms with Gasteiger partial charge in [-0.3, -0.25) is 0 Å². The SMILES string of the molecule is COCCOc1ccc(F)c(F)c1COc1ccc(Cl)c(-n2c(=O)[nH]c3ccc(C(=O)O)nc32)c1. The summed E-state index contributed by atoms with van der Waals surface area (Å²) in [6.45, 7) is -0.0253. The zero-order chi connectivity index (χ0) is 25.1. The molecule has 2 heterocycles. The van der Waals surface area contributed by atoms with Gasteiger partial charge in [-0.15, -0.1) is 0 Å². The fourth-order valence-electron chi connectivity index (χ4n) is 3.32. The largest absolute Gasteiger partial charge is 0.491 e. The van der Waals surface area contributed by atoms with Gasteiger partial charge in [0.05, 0.1) is 28.4 Å². The van der Waals surface area contributed by atoms with Crippen LogP contribution >= 0.6 is 11.6 Å². The number of aromatic amines is 1. The van der Waals surface area contributed by atoms with Crippen molar-refractivity contribution in [3.05, 3.63) is 80.9 Å². The topological polar surface area (TPSA) is 116 Å². The smallest absolute Gasteiger partial charge is 0.354 e. The highest BCUT2D eigenvalue weighted by Gasteiger charge is 2.18. The lowest BCUT2D eigenvalue weighted by Crippen LogP contribution is -2.16. The lowest BCUT2D eigenvalue weighted by Gasteiger charge is -2.14. The van der Waals surface area contributed by atoms with Gasteiger partial charge in [-0.25, -0.2) is 27.9 Å². The van der Waals surface area contributed by atoms with Crippen molar-refractivity contribution in [1.29, 1.82) is 0 Å². The minimum Gasteiger partial charge on any atom is -0.491 e. The summed E-state index contributed by atoms with van der Waals surface area (Å²) in [5.41, 5.74) is -0.544. The van der Waals surface area contributed by atoms with Gasteiger partial charge in [-0.1, -0.05) is 11.6 Å². The van der Waals surface area contributed by atoms with E-state index in [9.17, 15) is 23.5 Å². The van der Waals surface area contributed by atoms with Gasteiger partial charge in [0.2, 0.25) is 0 Å². The Balaban J connectivity index is 1.68. The zero-order valence-electron chi connectivity index (χ0n) is 18.2. The van der Waals surface area contributed by atoms with Crippen molar-refractivity contribution in [3.8, 4) is 17.2 Å². The number of H-pyrrole nitrogens is 1. The Bertz CT molecular complexity index is 1470. The maximum absolute atomic E-state index is 14.5. The van der Waals surface area contributed by atoms with Crippen molar-refractivity contribution >= 4 is 28.7 Å². The van der Waals surface area contributed by atoms with E-state index in [1.54, 1.807) is 0 Å². The lowest BCUT2D eigenvalue weighted by molar-refractivity contribution is 0.0691. The van der Waals surface area contributed by atoms with E-state index in [1.807, 2.05) is 0 Å². The third-order valence-electron chi connectivity index (χ3n) is 4.99. The molecule has 0 atom stereocenters. The Morgan fingerprint density at radius 2 is 1.94 bits per heavy atom. The average Bonchev–Trinajstić information content (AvgIpc) is 3.16. The fourth-order valence-corrected chi connectivity index (χ4v) is 3.52. The van der Waals surface area contributed by atoms with E-state index in [1.165, 1.54) is 43.5 Å². The number of benzene rings is 2. The van der Waals surface area contributed by atoms with Crippen LogP contribution < -0.4 is 15.2 Å². The van der Waals surface area contributed by atoms with Gasteiger partial charge in [0, 0.05) is 13.2 Å². The molecule has 0 aliphatic carbocycles. The fraction of sp³-hybridized carbons (Fsp3) is 0.174. The molecule has 2 N–H and O–H groups in total. The summed E-state index contributed by atoms with van der Waals surface area (Å²) in [7, 11) is 1.48. The van der Waals surface area contributed by atoms with Gasteiger partial charge in [-0.05, 0) is 36.4 Å². The van der Waals surface area contributed by atoms with Crippen LogP contribution in [0.15, 0.2) is 47.3 Å². The van der Waals surface area contributed by atoms with E-state index in [-0.39, 0.29) is 52.3 Å². The second-order valence-electron chi connectivity index (χ2n) is 7.22. The molecule has 0 amide bonds. The van der Waals surface area contributed by atoms with Crippen molar-refractivity contribution in [2.24, 2.45) is 0 Å². The second-order valence-corrected chi connectivity index (χ2v) is 7.63. The number of nitrogens with zero attached hydrogens (tertiary/aromatic N) is 2. The third-order valence-corrected chi connectivity index (χ3v) is 5.31. The van der Waals surface area contributed by atoms with Gasteiger partial charge >= 0.3 is 11.7 Å². The summed E-state index contributed by atoms with van der Waals surface area (Å²) in [6.07, 6.45) is 0. The number of carbonyl (C=O) groups is 1. The summed E-state index contributed by atoms with van der Waals surface area (Å²) in [5.74, 6) is -3.19. The van der Waals surface area contributed by atoms with Crippen LogP contribution in [0.2, 0.25) is 5.02 Å². The molecule has 0 saturated carbocycles. The van der Waals surface area contributed by atoms with Gasteiger partial charge in [0.25, 0.3) is 0 Å². The molecule has 9 nitrogen and oxygen atoms in total. The molecule has 12 heteroatoms. The Labute approximate surface area is 201 Å². The highest BCUT2D eigenvalue weighted by molar-refractivity contribution is 6.32. The predicted molar refractivity (Wildman–Crippen MR) is 122 cm³/mol. The number of aromatic nitrogens is 3. The van der Waals surface area contributed by atoms with Crippen LogP contribution in [0.5, 0.6) is 11.5 Å². The number of nitrogens with one attached hydrogen (secondary N) is 1. The summed E-state index contributed by atoms with van der Waals surface area (Å²) in [5, 5.41) is 9.38. The maximum atomic E-state index is 14.5.